The summed E-state index contributed by atoms with van der Waals surface area (Å²) >= 11 is 0. The van der Waals surface area contributed by atoms with E-state index in [0.717, 1.165) is 10.7 Å². The quantitative estimate of drug-likeness (QED) is 0.669. The zero-order valence-corrected chi connectivity index (χ0v) is 5.47. The Kier molecular flexibility index (Phi) is 1.86. The van der Waals surface area contributed by atoms with Gasteiger partial charge in [0.05, 0.1) is 6.67 Å². The van der Waals surface area contributed by atoms with Gasteiger partial charge in [0, 0.05) is 6.20 Å². The monoisotopic (exact) mass is 165 g/mol. The predicted octanol–water partition coefficient (Wildman–Crippen LogP) is 0.818. The van der Waals surface area contributed by atoms with Gasteiger partial charge in [-0.1, -0.05) is 0 Å². The maximum atomic E-state index is 11.8. The molecule has 0 amide bonds. The molecule has 1 aromatic rings. The van der Waals surface area contributed by atoms with Crippen LogP contribution in [0.15, 0.2) is 12.3 Å². The maximum absolute atomic E-state index is 11.8. The van der Waals surface area contributed by atoms with E-state index < -0.39 is 11.9 Å². The highest BCUT2D eigenvalue weighted by Gasteiger charge is 2.33. The summed E-state index contributed by atoms with van der Waals surface area (Å²) in [6.45, 7) is -0.0456. The third kappa shape index (κ3) is 1.70. The first-order valence-corrected chi connectivity index (χ1v) is 2.85. The van der Waals surface area contributed by atoms with Gasteiger partial charge in [-0.15, -0.1) is 0 Å². The lowest BCUT2D eigenvalue weighted by Gasteiger charge is -1.99. The van der Waals surface area contributed by atoms with Gasteiger partial charge in [-0.3, -0.25) is 4.68 Å². The van der Waals surface area contributed by atoms with Gasteiger partial charge in [0.25, 0.3) is 0 Å². The highest BCUT2D eigenvalue weighted by molar-refractivity contribution is 5.02. The Hall–Kier alpha value is -1.04. The van der Waals surface area contributed by atoms with Gasteiger partial charge in [0.1, 0.15) is 0 Å². The van der Waals surface area contributed by atoms with E-state index in [9.17, 15) is 13.2 Å². The van der Waals surface area contributed by atoms with E-state index in [2.05, 4.69) is 5.10 Å². The van der Waals surface area contributed by atoms with Crippen LogP contribution in [-0.2, 0) is 12.8 Å². The van der Waals surface area contributed by atoms with E-state index in [1.165, 1.54) is 6.20 Å². The van der Waals surface area contributed by atoms with Crippen molar-refractivity contribution in [1.82, 2.24) is 9.78 Å². The molecule has 0 bridgehead atoms. The van der Waals surface area contributed by atoms with E-state index in [1.807, 2.05) is 0 Å². The van der Waals surface area contributed by atoms with Gasteiger partial charge < -0.3 is 5.73 Å². The van der Waals surface area contributed by atoms with E-state index in [0.29, 0.717) is 0 Å². The van der Waals surface area contributed by atoms with Crippen LogP contribution in [-0.4, -0.2) is 9.78 Å². The minimum Gasteiger partial charge on any atom is -0.312 e. The molecule has 0 atom stereocenters. The van der Waals surface area contributed by atoms with Crippen molar-refractivity contribution in [2.75, 3.05) is 0 Å². The highest BCUT2D eigenvalue weighted by Crippen LogP contribution is 2.26. The fourth-order valence-electron chi connectivity index (χ4n) is 0.615. The van der Waals surface area contributed by atoms with Crippen molar-refractivity contribution in [3.63, 3.8) is 0 Å². The van der Waals surface area contributed by atoms with E-state index in [-0.39, 0.29) is 6.67 Å². The largest absolute Gasteiger partial charge is 0.435 e. The molecule has 0 saturated heterocycles. The fourth-order valence-corrected chi connectivity index (χ4v) is 0.615. The van der Waals surface area contributed by atoms with Crippen LogP contribution in [0.5, 0.6) is 0 Å². The average molecular weight is 165 g/mol. The molecule has 3 nitrogen and oxygen atoms in total. The molecule has 0 unspecified atom stereocenters. The zero-order valence-electron chi connectivity index (χ0n) is 5.47. The fraction of sp³-hybridized carbons (Fsp3) is 0.400. The van der Waals surface area contributed by atoms with Crippen LogP contribution >= 0.6 is 0 Å². The van der Waals surface area contributed by atoms with Crippen molar-refractivity contribution in [2.45, 2.75) is 12.8 Å². The van der Waals surface area contributed by atoms with Crippen LogP contribution in [0.1, 0.15) is 5.69 Å². The topological polar surface area (TPSA) is 43.8 Å². The lowest BCUT2D eigenvalue weighted by Crippen LogP contribution is -2.11. The Balaban J connectivity index is 2.89. The summed E-state index contributed by atoms with van der Waals surface area (Å²) in [7, 11) is 0. The third-order valence-electron chi connectivity index (χ3n) is 1.12. The number of halogens is 3. The standard InChI is InChI=1S/C5H6F3N3/c6-5(7,8)4-1-2-11(3-9)10-4/h1-2H,3,9H2. The molecule has 0 aliphatic rings. The number of nitrogens with zero attached hydrogens (tertiary/aromatic N) is 2. The molecule has 0 radical (unpaired) electrons. The molecule has 0 aliphatic heterocycles. The number of hydrogen-bond acceptors (Lipinski definition) is 2. The van der Waals surface area contributed by atoms with Crippen LogP contribution in [0.4, 0.5) is 13.2 Å². The summed E-state index contributed by atoms with van der Waals surface area (Å²) in [6.07, 6.45) is -3.19. The van der Waals surface area contributed by atoms with E-state index in [1.54, 1.807) is 0 Å². The van der Waals surface area contributed by atoms with Gasteiger partial charge >= 0.3 is 6.18 Å². The zero-order chi connectivity index (χ0) is 8.48. The average Bonchev–Trinajstić information content (AvgIpc) is 2.32. The van der Waals surface area contributed by atoms with Crippen LogP contribution in [0.3, 0.4) is 0 Å². The Labute approximate surface area is 60.6 Å². The summed E-state index contributed by atoms with van der Waals surface area (Å²) in [5, 5.41) is 3.17. The van der Waals surface area contributed by atoms with Crippen molar-refractivity contribution >= 4 is 0 Å². The summed E-state index contributed by atoms with van der Waals surface area (Å²) < 4.78 is 36.5. The first-order valence-electron chi connectivity index (χ1n) is 2.85. The van der Waals surface area contributed by atoms with Crippen molar-refractivity contribution in [3.05, 3.63) is 18.0 Å². The van der Waals surface area contributed by atoms with Gasteiger partial charge in [-0.2, -0.15) is 18.3 Å². The van der Waals surface area contributed by atoms with E-state index >= 15 is 0 Å². The summed E-state index contributed by atoms with van der Waals surface area (Å²) in [5.41, 5.74) is 4.13. The van der Waals surface area contributed by atoms with Gasteiger partial charge in [-0.25, -0.2) is 0 Å². The van der Waals surface area contributed by atoms with Crippen LogP contribution < -0.4 is 5.73 Å². The summed E-state index contributed by atoms with van der Waals surface area (Å²) in [6, 6.07) is 0.882. The Bertz CT molecular complexity index is 239. The van der Waals surface area contributed by atoms with Gasteiger partial charge in [0.2, 0.25) is 0 Å². The van der Waals surface area contributed by atoms with Crippen molar-refractivity contribution in [1.29, 1.82) is 0 Å². The predicted molar refractivity (Wildman–Crippen MR) is 31.4 cm³/mol. The molecule has 6 heteroatoms. The molecule has 62 valence electrons. The molecule has 1 rings (SSSR count). The highest BCUT2D eigenvalue weighted by atomic mass is 19.4. The van der Waals surface area contributed by atoms with Crippen LogP contribution in [0.25, 0.3) is 0 Å². The second-order valence-corrected chi connectivity index (χ2v) is 1.92. The molecule has 0 fully saturated rings. The number of alkyl halides is 3. The number of rotatable bonds is 1. The number of nitrogens with two attached hydrogens (primary N) is 1. The first kappa shape index (κ1) is 8.06. The Morgan fingerprint density at radius 2 is 2.18 bits per heavy atom. The molecule has 0 spiro atoms. The Morgan fingerprint density at radius 3 is 2.45 bits per heavy atom. The second-order valence-electron chi connectivity index (χ2n) is 1.92. The molecule has 0 aliphatic carbocycles. The minimum absolute atomic E-state index is 0.0456. The number of aromatic nitrogens is 2. The van der Waals surface area contributed by atoms with E-state index in [4.69, 9.17) is 5.73 Å². The van der Waals surface area contributed by atoms with Crippen molar-refractivity contribution in [3.8, 4) is 0 Å². The number of hydrogen-bond donors (Lipinski definition) is 1. The molecule has 1 aromatic heterocycles. The SMILES string of the molecule is NCn1ccc(C(F)(F)F)n1. The lowest BCUT2D eigenvalue weighted by atomic mass is 10.4. The Morgan fingerprint density at radius 1 is 1.55 bits per heavy atom. The van der Waals surface area contributed by atoms with Crippen molar-refractivity contribution in [2.24, 2.45) is 5.73 Å². The first-order chi connectivity index (χ1) is 5.04. The minimum atomic E-state index is -4.37. The molecule has 11 heavy (non-hydrogen) atoms. The molecular formula is C5H6F3N3. The van der Waals surface area contributed by atoms with Gasteiger partial charge in [-0.05, 0) is 6.07 Å². The lowest BCUT2D eigenvalue weighted by molar-refractivity contribution is -0.141. The summed E-state index contributed by atoms with van der Waals surface area (Å²) in [5.74, 6) is 0. The summed E-state index contributed by atoms with van der Waals surface area (Å²) in [4.78, 5) is 0. The second kappa shape index (κ2) is 2.54. The van der Waals surface area contributed by atoms with Crippen molar-refractivity contribution < 1.29 is 13.2 Å². The van der Waals surface area contributed by atoms with Crippen LogP contribution in [0, 0.1) is 0 Å². The molecule has 0 saturated carbocycles. The molecular weight excluding hydrogens is 159 g/mol. The molecule has 0 aromatic carbocycles. The molecule has 2 N–H and O–H groups in total. The maximum Gasteiger partial charge on any atom is 0.435 e. The normalized spacial score (nSPS) is 12.0. The van der Waals surface area contributed by atoms with Gasteiger partial charge in [0.15, 0.2) is 5.69 Å². The smallest absolute Gasteiger partial charge is 0.312 e. The molecule has 1 heterocycles. The third-order valence-corrected chi connectivity index (χ3v) is 1.12. The van der Waals surface area contributed by atoms with Crippen LogP contribution in [0.2, 0.25) is 0 Å².